The van der Waals surface area contributed by atoms with Crippen LogP contribution in [0.4, 0.5) is 5.69 Å². The van der Waals surface area contributed by atoms with Gasteiger partial charge in [-0.3, -0.25) is 4.79 Å². The monoisotopic (exact) mass is 259 g/mol. The first-order valence-electron chi connectivity index (χ1n) is 6.46. The van der Waals surface area contributed by atoms with Crippen LogP contribution in [0.15, 0.2) is 30.3 Å². The fourth-order valence-electron chi connectivity index (χ4n) is 2.07. The summed E-state index contributed by atoms with van der Waals surface area (Å²) >= 11 is 0. The van der Waals surface area contributed by atoms with E-state index in [2.05, 4.69) is 0 Å². The van der Waals surface area contributed by atoms with Crippen LogP contribution >= 0.6 is 0 Å². The molecule has 0 spiro atoms. The van der Waals surface area contributed by atoms with Gasteiger partial charge in [0.2, 0.25) is 5.91 Å². The van der Waals surface area contributed by atoms with Gasteiger partial charge in [-0.2, -0.15) is 0 Å². The number of carbonyl (C=O) groups excluding carboxylic acids is 2. The number of ether oxygens (including phenoxy) is 1. The highest BCUT2D eigenvalue weighted by molar-refractivity contribution is 5.95. The van der Waals surface area contributed by atoms with Gasteiger partial charge in [0.25, 0.3) is 0 Å². The van der Waals surface area contributed by atoms with E-state index < -0.39 is 0 Å². The Morgan fingerprint density at radius 2 is 2.32 bits per heavy atom. The summed E-state index contributed by atoms with van der Waals surface area (Å²) in [4.78, 5) is 24.7. The molecule has 1 heterocycles. The summed E-state index contributed by atoms with van der Waals surface area (Å²) in [5.74, 6) is -0.198. The van der Waals surface area contributed by atoms with E-state index in [1.54, 1.807) is 17.9 Å². The normalized spacial score (nSPS) is 15.2. The van der Waals surface area contributed by atoms with Gasteiger partial charge in [0.15, 0.2) is 0 Å². The Balaban J connectivity index is 2.11. The van der Waals surface area contributed by atoms with E-state index in [-0.39, 0.29) is 11.9 Å². The average molecular weight is 259 g/mol. The van der Waals surface area contributed by atoms with Gasteiger partial charge in [-0.1, -0.05) is 12.1 Å². The fourth-order valence-corrected chi connectivity index (χ4v) is 2.07. The molecule has 0 unspecified atom stereocenters. The maximum absolute atomic E-state index is 11.7. The molecule has 1 aliphatic heterocycles. The zero-order chi connectivity index (χ0) is 13.7. The minimum Gasteiger partial charge on any atom is -0.463 e. The molecule has 4 heteroatoms. The van der Waals surface area contributed by atoms with Gasteiger partial charge in [0, 0.05) is 24.7 Å². The van der Waals surface area contributed by atoms with Gasteiger partial charge >= 0.3 is 5.97 Å². The molecule has 4 nitrogen and oxygen atoms in total. The molecule has 0 atom stereocenters. The number of carbonyl (C=O) groups is 2. The van der Waals surface area contributed by atoms with Crippen LogP contribution in [-0.2, 0) is 14.3 Å². The van der Waals surface area contributed by atoms with Crippen LogP contribution in [0.25, 0.3) is 6.08 Å². The predicted octanol–water partition coefficient (Wildman–Crippen LogP) is 2.39. The van der Waals surface area contributed by atoms with Crippen molar-refractivity contribution >= 4 is 23.6 Å². The van der Waals surface area contributed by atoms with Crippen LogP contribution in [0.1, 0.15) is 25.3 Å². The fraction of sp³-hybridized carbons (Fsp3) is 0.333. The lowest BCUT2D eigenvalue weighted by molar-refractivity contribution is -0.137. The van der Waals surface area contributed by atoms with Crippen LogP contribution < -0.4 is 4.90 Å². The summed E-state index contributed by atoms with van der Waals surface area (Å²) in [6, 6.07) is 7.58. The van der Waals surface area contributed by atoms with Crippen molar-refractivity contribution in [2.24, 2.45) is 0 Å². The maximum Gasteiger partial charge on any atom is 0.330 e. The van der Waals surface area contributed by atoms with Crippen molar-refractivity contribution in [1.29, 1.82) is 0 Å². The van der Waals surface area contributed by atoms with Crippen LogP contribution in [0, 0.1) is 0 Å². The molecule has 1 aliphatic rings. The van der Waals surface area contributed by atoms with Gasteiger partial charge < -0.3 is 9.64 Å². The molecule has 0 N–H and O–H groups in total. The highest BCUT2D eigenvalue weighted by Crippen LogP contribution is 2.22. The Kier molecular flexibility index (Phi) is 4.34. The molecule has 0 saturated carbocycles. The van der Waals surface area contributed by atoms with Crippen molar-refractivity contribution in [2.45, 2.75) is 19.8 Å². The van der Waals surface area contributed by atoms with Crippen molar-refractivity contribution in [3.8, 4) is 0 Å². The third-order valence-electron chi connectivity index (χ3n) is 2.95. The van der Waals surface area contributed by atoms with E-state index in [0.29, 0.717) is 13.0 Å². The Morgan fingerprint density at radius 3 is 3.00 bits per heavy atom. The minimum absolute atomic E-state index is 0.159. The molecule has 2 rings (SSSR count). The smallest absolute Gasteiger partial charge is 0.330 e. The molecule has 1 fully saturated rings. The summed E-state index contributed by atoms with van der Waals surface area (Å²) in [7, 11) is 0. The average Bonchev–Trinajstić information content (AvgIpc) is 2.83. The Morgan fingerprint density at radius 1 is 1.47 bits per heavy atom. The lowest BCUT2D eigenvalue weighted by Gasteiger charge is -2.15. The van der Waals surface area contributed by atoms with E-state index in [4.69, 9.17) is 4.74 Å². The van der Waals surface area contributed by atoms with E-state index >= 15 is 0 Å². The number of benzene rings is 1. The van der Waals surface area contributed by atoms with Gasteiger partial charge in [0.05, 0.1) is 6.61 Å². The predicted molar refractivity (Wildman–Crippen MR) is 73.7 cm³/mol. The SMILES string of the molecule is CCOC(=O)C=Cc1cccc(N2CCCC2=O)c1. The number of hydrogen-bond donors (Lipinski definition) is 0. The number of esters is 1. The van der Waals surface area contributed by atoms with Crippen LogP contribution in [-0.4, -0.2) is 25.0 Å². The Labute approximate surface area is 112 Å². The van der Waals surface area contributed by atoms with Crippen molar-refractivity contribution in [3.05, 3.63) is 35.9 Å². The second kappa shape index (κ2) is 6.18. The van der Waals surface area contributed by atoms with Crippen molar-refractivity contribution in [2.75, 3.05) is 18.1 Å². The lowest BCUT2D eigenvalue weighted by atomic mass is 10.1. The molecule has 1 saturated heterocycles. The topological polar surface area (TPSA) is 46.6 Å². The molecule has 19 heavy (non-hydrogen) atoms. The third kappa shape index (κ3) is 3.44. The quantitative estimate of drug-likeness (QED) is 0.616. The third-order valence-corrected chi connectivity index (χ3v) is 2.95. The molecule has 1 aromatic carbocycles. The Bertz CT molecular complexity index is 508. The number of nitrogens with zero attached hydrogens (tertiary/aromatic N) is 1. The van der Waals surface area contributed by atoms with Crippen molar-refractivity contribution in [3.63, 3.8) is 0 Å². The molecule has 1 amide bonds. The van der Waals surface area contributed by atoms with Gasteiger partial charge in [-0.25, -0.2) is 4.79 Å². The summed E-state index contributed by atoms with van der Waals surface area (Å²) in [5, 5.41) is 0. The van der Waals surface area contributed by atoms with E-state index in [0.717, 1.165) is 24.2 Å². The first-order valence-corrected chi connectivity index (χ1v) is 6.46. The highest BCUT2D eigenvalue weighted by Gasteiger charge is 2.21. The maximum atomic E-state index is 11.7. The second-order valence-electron chi connectivity index (χ2n) is 4.33. The molecule has 1 aromatic rings. The van der Waals surface area contributed by atoms with Crippen LogP contribution in [0.2, 0.25) is 0 Å². The summed E-state index contributed by atoms with van der Waals surface area (Å²) < 4.78 is 4.82. The van der Waals surface area contributed by atoms with E-state index in [1.165, 1.54) is 6.08 Å². The van der Waals surface area contributed by atoms with Crippen molar-refractivity contribution in [1.82, 2.24) is 0 Å². The molecular formula is C15H17NO3. The number of amides is 1. The number of rotatable bonds is 4. The first kappa shape index (κ1) is 13.3. The largest absolute Gasteiger partial charge is 0.463 e. The first-order chi connectivity index (χ1) is 9.20. The second-order valence-corrected chi connectivity index (χ2v) is 4.33. The number of anilines is 1. The van der Waals surface area contributed by atoms with E-state index in [9.17, 15) is 9.59 Å². The van der Waals surface area contributed by atoms with Crippen LogP contribution in [0.3, 0.4) is 0 Å². The standard InChI is InChI=1S/C15H17NO3/c1-2-19-15(18)9-8-12-5-3-6-13(11-12)16-10-4-7-14(16)17/h3,5-6,8-9,11H,2,4,7,10H2,1H3. The zero-order valence-corrected chi connectivity index (χ0v) is 11.0. The summed E-state index contributed by atoms with van der Waals surface area (Å²) in [5.41, 5.74) is 1.76. The zero-order valence-electron chi connectivity index (χ0n) is 11.0. The molecule has 0 bridgehead atoms. The van der Waals surface area contributed by atoms with Crippen LogP contribution in [0.5, 0.6) is 0 Å². The minimum atomic E-state index is -0.356. The van der Waals surface area contributed by atoms with Crippen molar-refractivity contribution < 1.29 is 14.3 Å². The van der Waals surface area contributed by atoms with Gasteiger partial charge in [-0.05, 0) is 37.1 Å². The molecule has 0 radical (unpaired) electrons. The summed E-state index contributed by atoms with van der Waals surface area (Å²) in [6.45, 7) is 2.90. The van der Waals surface area contributed by atoms with Gasteiger partial charge in [-0.15, -0.1) is 0 Å². The molecule has 0 aliphatic carbocycles. The highest BCUT2D eigenvalue weighted by atomic mass is 16.5. The van der Waals surface area contributed by atoms with E-state index in [1.807, 2.05) is 24.3 Å². The number of hydrogen-bond acceptors (Lipinski definition) is 3. The lowest BCUT2D eigenvalue weighted by Crippen LogP contribution is -2.23. The molecule has 0 aromatic heterocycles. The summed E-state index contributed by atoms with van der Waals surface area (Å²) in [6.07, 6.45) is 4.61. The Hall–Kier alpha value is -2.10. The van der Waals surface area contributed by atoms with Gasteiger partial charge in [0.1, 0.15) is 0 Å². The molecular weight excluding hydrogens is 242 g/mol. The molecule has 100 valence electrons.